The summed E-state index contributed by atoms with van der Waals surface area (Å²) in [5.74, 6) is -2.14. The first-order chi connectivity index (χ1) is 8.96. The molecule has 0 aliphatic carbocycles. The molecule has 0 saturated carbocycles. The molecule has 3 nitrogen and oxygen atoms in total. The largest absolute Gasteiger partial charge is 0.381 e. The predicted octanol–water partition coefficient (Wildman–Crippen LogP) is 2.99. The van der Waals surface area contributed by atoms with Gasteiger partial charge in [-0.05, 0) is 25.0 Å². The van der Waals surface area contributed by atoms with Gasteiger partial charge in [-0.3, -0.25) is 0 Å². The summed E-state index contributed by atoms with van der Waals surface area (Å²) in [7, 11) is -2.90. The maximum absolute atomic E-state index is 12.4. The minimum atomic E-state index is -2.90. The number of benzene rings is 1. The highest BCUT2D eigenvalue weighted by Crippen LogP contribution is 2.32. The van der Waals surface area contributed by atoms with E-state index < -0.39 is 15.6 Å². The third-order valence-corrected chi connectivity index (χ3v) is 5.52. The molecular formula is C12H15F2NO2S2. The molecule has 1 N–H and O–H groups in total. The molecule has 7 heteroatoms. The molecular weight excluding hydrogens is 292 g/mol. The van der Waals surface area contributed by atoms with E-state index in [9.17, 15) is 17.2 Å². The number of nitrogens with one attached hydrogen (secondary N) is 1. The van der Waals surface area contributed by atoms with E-state index in [-0.39, 0.29) is 17.5 Å². The molecule has 106 valence electrons. The van der Waals surface area contributed by atoms with Crippen LogP contribution < -0.4 is 5.32 Å². The fraction of sp³-hybridized carbons (Fsp3) is 0.500. The second kappa shape index (κ2) is 6.09. The van der Waals surface area contributed by atoms with Crippen molar-refractivity contribution < 1.29 is 17.2 Å². The zero-order valence-electron chi connectivity index (χ0n) is 10.2. The van der Waals surface area contributed by atoms with Crippen molar-refractivity contribution in [3.8, 4) is 0 Å². The van der Waals surface area contributed by atoms with Crippen LogP contribution in [0.2, 0.25) is 0 Å². The van der Waals surface area contributed by atoms with Crippen LogP contribution in [0.15, 0.2) is 29.2 Å². The van der Waals surface area contributed by atoms with Crippen LogP contribution in [-0.4, -0.2) is 31.7 Å². The molecule has 0 bridgehead atoms. The van der Waals surface area contributed by atoms with Gasteiger partial charge in [0.1, 0.15) is 9.84 Å². The van der Waals surface area contributed by atoms with Crippen molar-refractivity contribution in [2.75, 3.05) is 16.8 Å². The highest BCUT2D eigenvalue weighted by atomic mass is 32.2. The molecule has 1 aliphatic rings. The summed E-state index contributed by atoms with van der Waals surface area (Å²) < 4.78 is 47.5. The second-order valence-corrected chi connectivity index (χ2v) is 7.78. The number of alkyl halides is 2. The Hall–Kier alpha value is -0.820. The van der Waals surface area contributed by atoms with E-state index in [1.807, 2.05) is 0 Å². The van der Waals surface area contributed by atoms with Gasteiger partial charge in [-0.25, -0.2) is 8.42 Å². The first kappa shape index (κ1) is 14.6. The number of rotatable bonds is 4. The van der Waals surface area contributed by atoms with Crippen LogP contribution in [0.3, 0.4) is 0 Å². The quantitative estimate of drug-likeness (QED) is 0.869. The summed E-state index contributed by atoms with van der Waals surface area (Å²) in [6.07, 6.45) is 1.05. The summed E-state index contributed by atoms with van der Waals surface area (Å²) in [4.78, 5) is 0.492. The third kappa shape index (κ3) is 4.35. The zero-order valence-corrected chi connectivity index (χ0v) is 11.8. The third-order valence-electron chi connectivity index (χ3n) is 3.02. The van der Waals surface area contributed by atoms with E-state index >= 15 is 0 Å². The Bertz CT molecular complexity index is 520. The van der Waals surface area contributed by atoms with Gasteiger partial charge in [0.05, 0.1) is 11.5 Å². The Balaban J connectivity index is 2.03. The van der Waals surface area contributed by atoms with Gasteiger partial charge in [-0.2, -0.15) is 8.78 Å². The highest BCUT2D eigenvalue weighted by Gasteiger charge is 2.24. The van der Waals surface area contributed by atoms with Crippen molar-refractivity contribution in [2.45, 2.75) is 29.5 Å². The summed E-state index contributed by atoms with van der Waals surface area (Å²) in [5.41, 5.74) is 0.650. The van der Waals surface area contributed by atoms with Crippen molar-refractivity contribution in [1.29, 1.82) is 0 Å². The minimum absolute atomic E-state index is 0.0305. The van der Waals surface area contributed by atoms with Crippen LogP contribution in [0.4, 0.5) is 14.5 Å². The smallest absolute Gasteiger partial charge is 0.288 e. The van der Waals surface area contributed by atoms with Gasteiger partial charge in [-0.1, -0.05) is 23.9 Å². The number of para-hydroxylation sites is 1. The predicted molar refractivity (Wildman–Crippen MR) is 73.6 cm³/mol. The van der Waals surface area contributed by atoms with Crippen molar-refractivity contribution in [1.82, 2.24) is 0 Å². The van der Waals surface area contributed by atoms with Crippen LogP contribution in [0.25, 0.3) is 0 Å². The summed E-state index contributed by atoms with van der Waals surface area (Å²) >= 11 is 0.499. The van der Waals surface area contributed by atoms with Gasteiger partial charge in [0.2, 0.25) is 0 Å². The average Bonchev–Trinajstić information content (AvgIpc) is 2.33. The van der Waals surface area contributed by atoms with E-state index in [0.717, 1.165) is 0 Å². The maximum Gasteiger partial charge on any atom is 0.288 e. The average molecular weight is 307 g/mol. The Labute approximate surface area is 115 Å². The normalized spacial score (nSPS) is 19.5. The first-order valence-corrected chi connectivity index (χ1v) is 8.67. The number of halogens is 2. The van der Waals surface area contributed by atoms with Crippen LogP contribution in [0, 0.1) is 0 Å². The van der Waals surface area contributed by atoms with Crippen LogP contribution in [0.1, 0.15) is 12.8 Å². The van der Waals surface area contributed by atoms with E-state index in [0.29, 0.717) is 35.2 Å². The monoisotopic (exact) mass is 307 g/mol. The molecule has 1 heterocycles. The van der Waals surface area contributed by atoms with Gasteiger partial charge >= 0.3 is 0 Å². The summed E-state index contributed by atoms with van der Waals surface area (Å²) in [6.45, 7) is 0. The van der Waals surface area contributed by atoms with Crippen LogP contribution in [0.5, 0.6) is 0 Å². The Morgan fingerprint density at radius 1 is 1.21 bits per heavy atom. The Kier molecular flexibility index (Phi) is 4.67. The van der Waals surface area contributed by atoms with E-state index in [4.69, 9.17) is 0 Å². The number of thioether (sulfide) groups is 1. The molecule has 0 spiro atoms. The lowest BCUT2D eigenvalue weighted by Crippen LogP contribution is -2.32. The van der Waals surface area contributed by atoms with Gasteiger partial charge < -0.3 is 5.32 Å². The molecule has 0 atom stereocenters. The van der Waals surface area contributed by atoms with Gasteiger partial charge in [-0.15, -0.1) is 0 Å². The number of sulfone groups is 1. The van der Waals surface area contributed by atoms with Crippen molar-refractivity contribution in [3.63, 3.8) is 0 Å². The molecule has 1 aliphatic heterocycles. The Morgan fingerprint density at radius 2 is 1.84 bits per heavy atom. The molecule has 1 aromatic rings. The topological polar surface area (TPSA) is 46.2 Å². The van der Waals surface area contributed by atoms with Crippen molar-refractivity contribution >= 4 is 27.3 Å². The standard InChI is InChI=1S/C12H15F2NO2S2/c13-12(14)18-11-4-2-1-3-10(11)15-9-5-7-19(16,17)8-6-9/h1-4,9,12,15H,5-8H2. The van der Waals surface area contributed by atoms with Crippen LogP contribution >= 0.6 is 11.8 Å². The summed E-state index contributed by atoms with van der Waals surface area (Å²) in [5, 5.41) is 3.17. The van der Waals surface area contributed by atoms with Crippen LogP contribution in [-0.2, 0) is 9.84 Å². The zero-order chi connectivity index (χ0) is 13.9. The lowest BCUT2D eigenvalue weighted by Gasteiger charge is -2.25. The first-order valence-electron chi connectivity index (χ1n) is 5.97. The molecule has 2 rings (SSSR count). The van der Waals surface area contributed by atoms with E-state index in [1.165, 1.54) is 0 Å². The molecule has 1 aromatic carbocycles. The van der Waals surface area contributed by atoms with Crippen molar-refractivity contribution in [3.05, 3.63) is 24.3 Å². The van der Waals surface area contributed by atoms with Crippen molar-refractivity contribution in [2.24, 2.45) is 0 Å². The SMILES string of the molecule is O=S1(=O)CCC(Nc2ccccc2SC(F)F)CC1. The molecule has 0 unspecified atom stereocenters. The van der Waals surface area contributed by atoms with Gasteiger partial charge in [0.25, 0.3) is 5.76 Å². The molecule has 1 fully saturated rings. The lowest BCUT2D eigenvalue weighted by atomic mass is 10.1. The molecule has 0 radical (unpaired) electrons. The highest BCUT2D eigenvalue weighted by molar-refractivity contribution is 7.99. The summed E-state index contributed by atoms with van der Waals surface area (Å²) in [6, 6.07) is 6.90. The van der Waals surface area contributed by atoms with Gasteiger partial charge in [0, 0.05) is 16.6 Å². The maximum atomic E-state index is 12.4. The molecule has 1 saturated heterocycles. The van der Waals surface area contributed by atoms with E-state index in [1.54, 1.807) is 24.3 Å². The number of hydrogen-bond acceptors (Lipinski definition) is 4. The second-order valence-electron chi connectivity index (χ2n) is 4.45. The molecule has 0 aromatic heterocycles. The fourth-order valence-corrected chi connectivity index (χ4v) is 4.13. The minimum Gasteiger partial charge on any atom is -0.381 e. The Morgan fingerprint density at radius 3 is 2.47 bits per heavy atom. The van der Waals surface area contributed by atoms with E-state index in [2.05, 4.69) is 5.32 Å². The lowest BCUT2D eigenvalue weighted by molar-refractivity contribution is 0.252. The van der Waals surface area contributed by atoms with Gasteiger partial charge in [0.15, 0.2) is 0 Å². The number of hydrogen-bond donors (Lipinski definition) is 1. The number of anilines is 1. The molecule has 19 heavy (non-hydrogen) atoms. The fourth-order valence-electron chi connectivity index (χ4n) is 2.04. The molecule has 0 amide bonds.